The second kappa shape index (κ2) is 5.82. The molecule has 3 N–H and O–H groups in total. The van der Waals surface area contributed by atoms with Crippen molar-refractivity contribution >= 4 is 21.9 Å². The number of carbonyl (C=O) groups excluding carboxylic acids is 1. The summed E-state index contributed by atoms with van der Waals surface area (Å²) < 4.78 is 26.1. The highest BCUT2D eigenvalue weighted by atomic mass is 32.2. The molecule has 1 saturated carbocycles. The van der Waals surface area contributed by atoms with Crippen molar-refractivity contribution in [1.82, 2.24) is 10.0 Å². The molecule has 0 spiro atoms. The van der Waals surface area contributed by atoms with Gasteiger partial charge in [0.2, 0.25) is 10.0 Å². The third kappa shape index (κ3) is 4.02. The number of benzene rings is 1. The van der Waals surface area contributed by atoms with Gasteiger partial charge in [0.05, 0.1) is 4.90 Å². The number of sulfonamides is 1. The van der Waals surface area contributed by atoms with Gasteiger partial charge >= 0.3 is 5.97 Å². The summed E-state index contributed by atoms with van der Waals surface area (Å²) in [4.78, 5) is 22.5. The normalized spacial score (nSPS) is 16.2. The molecule has 0 aromatic heterocycles. The van der Waals surface area contributed by atoms with Crippen molar-refractivity contribution in [3.05, 3.63) is 29.8 Å². The summed E-state index contributed by atoms with van der Waals surface area (Å²) in [5.74, 6) is -1.61. The van der Waals surface area contributed by atoms with Gasteiger partial charge in [-0.1, -0.05) is 6.07 Å². The van der Waals surface area contributed by atoms with Crippen LogP contribution in [0.3, 0.4) is 0 Å². The van der Waals surface area contributed by atoms with Crippen LogP contribution < -0.4 is 10.0 Å². The molecule has 1 aliphatic rings. The van der Waals surface area contributed by atoms with E-state index in [2.05, 4.69) is 5.32 Å². The van der Waals surface area contributed by atoms with Crippen LogP contribution >= 0.6 is 0 Å². The first-order valence-corrected chi connectivity index (χ1v) is 7.94. The van der Waals surface area contributed by atoms with Gasteiger partial charge in [-0.25, -0.2) is 8.42 Å². The minimum Gasteiger partial charge on any atom is -0.480 e. The molecule has 0 saturated heterocycles. The first-order chi connectivity index (χ1) is 9.79. The zero-order valence-corrected chi connectivity index (χ0v) is 12.2. The quantitative estimate of drug-likeness (QED) is 0.700. The Morgan fingerprint density at radius 3 is 2.57 bits per heavy atom. The third-order valence-corrected chi connectivity index (χ3v) is 4.56. The molecule has 21 heavy (non-hydrogen) atoms. The number of carboxylic acids is 1. The molecule has 1 atom stereocenters. The van der Waals surface area contributed by atoms with E-state index in [0.29, 0.717) is 0 Å². The highest BCUT2D eigenvalue weighted by Crippen LogP contribution is 2.20. The molecule has 1 unspecified atom stereocenters. The zero-order chi connectivity index (χ0) is 15.6. The molecule has 1 aliphatic carbocycles. The summed E-state index contributed by atoms with van der Waals surface area (Å²) in [6.45, 7) is 1.23. The maximum Gasteiger partial charge on any atom is 0.321 e. The van der Waals surface area contributed by atoms with Crippen LogP contribution in [0.5, 0.6) is 0 Å². The Hall–Kier alpha value is -1.93. The Kier molecular flexibility index (Phi) is 4.29. The van der Waals surface area contributed by atoms with Gasteiger partial charge in [-0.2, -0.15) is 4.72 Å². The Balaban J connectivity index is 2.19. The van der Waals surface area contributed by atoms with Crippen LogP contribution in [0.4, 0.5) is 0 Å². The van der Waals surface area contributed by atoms with Crippen LogP contribution in [-0.2, 0) is 14.8 Å². The third-order valence-electron chi connectivity index (χ3n) is 3.02. The molecule has 2 rings (SSSR count). The van der Waals surface area contributed by atoms with E-state index in [9.17, 15) is 18.0 Å². The Labute approximate surface area is 122 Å². The van der Waals surface area contributed by atoms with Gasteiger partial charge in [0, 0.05) is 11.6 Å². The summed E-state index contributed by atoms with van der Waals surface area (Å²) in [7, 11) is -3.98. The maximum atomic E-state index is 12.1. The summed E-state index contributed by atoms with van der Waals surface area (Å²) in [6, 6.07) is 4.42. The molecule has 7 nitrogen and oxygen atoms in total. The van der Waals surface area contributed by atoms with Crippen LogP contribution in [0.15, 0.2) is 29.2 Å². The summed E-state index contributed by atoms with van der Waals surface area (Å²) in [5, 5.41) is 11.5. The smallest absolute Gasteiger partial charge is 0.321 e. The lowest BCUT2D eigenvalue weighted by Gasteiger charge is -2.11. The number of carbonyl (C=O) groups is 2. The molecule has 0 bridgehead atoms. The molecular formula is C13H16N2O5S. The molecule has 1 aromatic carbocycles. The standard InChI is InChI=1S/C13H16N2O5S/c1-8(13(17)18)15-21(19,20)11-4-2-3-9(7-11)12(16)14-10-5-6-10/h2-4,7-8,10,15H,5-6H2,1H3,(H,14,16)(H,17,18). The fourth-order valence-corrected chi connectivity index (χ4v) is 2.89. The van der Waals surface area contributed by atoms with Gasteiger partial charge < -0.3 is 10.4 Å². The van der Waals surface area contributed by atoms with Gasteiger partial charge in [-0.15, -0.1) is 0 Å². The van der Waals surface area contributed by atoms with Gasteiger partial charge in [0.15, 0.2) is 0 Å². The van der Waals surface area contributed by atoms with E-state index in [1.54, 1.807) is 0 Å². The predicted octanol–water partition coefficient (Wildman–Crippen LogP) is 0.330. The number of nitrogens with one attached hydrogen (secondary N) is 2. The fourth-order valence-electron chi connectivity index (χ4n) is 1.65. The van der Waals surface area contributed by atoms with E-state index in [-0.39, 0.29) is 22.4 Å². The minimum absolute atomic E-state index is 0.140. The molecule has 0 radical (unpaired) electrons. The number of amides is 1. The van der Waals surface area contributed by atoms with E-state index >= 15 is 0 Å². The fraction of sp³-hybridized carbons (Fsp3) is 0.385. The average molecular weight is 312 g/mol. The van der Waals surface area contributed by atoms with Gasteiger partial charge in [0.1, 0.15) is 6.04 Å². The molecule has 114 valence electrons. The number of hydrogen-bond donors (Lipinski definition) is 3. The summed E-state index contributed by atoms with van der Waals surface area (Å²) in [6.07, 6.45) is 1.86. The largest absolute Gasteiger partial charge is 0.480 e. The number of hydrogen-bond acceptors (Lipinski definition) is 4. The van der Waals surface area contributed by atoms with E-state index in [1.807, 2.05) is 4.72 Å². The van der Waals surface area contributed by atoms with Crippen LogP contribution in [0.25, 0.3) is 0 Å². The van der Waals surface area contributed by atoms with Crippen LogP contribution in [0.2, 0.25) is 0 Å². The van der Waals surface area contributed by atoms with Gasteiger partial charge in [-0.3, -0.25) is 9.59 Å². The lowest BCUT2D eigenvalue weighted by atomic mass is 10.2. The average Bonchev–Trinajstić information content (AvgIpc) is 3.22. The van der Waals surface area contributed by atoms with E-state index in [4.69, 9.17) is 5.11 Å². The van der Waals surface area contributed by atoms with Crippen molar-refractivity contribution in [2.45, 2.75) is 36.7 Å². The van der Waals surface area contributed by atoms with Crippen molar-refractivity contribution in [3.8, 4) is 0 Å². The number of aliphatic carboxylic acids is 1. The molecule has 1 amide bonds. The van der Waals surface area contributed by atoms with Crippen molar-refractivity contribution in [2.75, 3.05) is 0 Å². The predicted molar refractivity (Wildman–Crippen MR) is 74.3 cm³/mol. The highest BCUT2D eigenvalue weighted by molar-refractivity contribution is 7.89. The second-order valence-electron chi connectivity index (χ2n) is 4.96. The van der Waals surface area contributed by atoms with Gasteiger partial charge in [0.25, 0.3) is 5.91 Å². The molecule has 0 heterocycles. The number of rotatable bonds is 6. The lowest BCUT2D eigenvalue weighted by Crippen LogP contribution is -2.38. The van der Waals surface area contributed by atoms with E-state index < -0.39 is 22.0 Å². The monoisotopic (exact) mass is 312 g/mol. The van der Waals surface area contributed by atoms with Crippen LogP contribution in [-0.4, -0.2) is 37.5 Å². The highest BCUT2D eigenvalue weighted by Gasteiger charge is 2.25. The summed E-state index contributed by atoms with van der Waals surface area (Å²) in [5.41, 5.74) is 0.229. The van der Waals surface area contributed by atoms with Crippen LogP contribution in [0.1, 0.15) is 30.1 Å². The molecule has 0 aliphatic heterocycles. The lowest BCUT2D eigenvalue weighted by molar-refractivity contribution is -0.138. The van der Waals surface area contributed by atoms with Gasteiger partial charge in [-0.05, 0) is 38.0 Å². The molecule has 1 aromatic rings. The van der Waals surface area contributed by atoms with E-state index in [0.717, 1.165) is 12.8 Å². The minimum atomic E-state index is -3.98. The van der Waals surface area contributed by atoms with Crippen LogP contribution in [0, 0.1) is 0 Å². The SMILES string of the molecule is CC(NS(=O)(=O)c1cccc(C(=O)NC2CC2)c1)C(=O)O. The van der Waals surface area contributed by atoms with Crippen molar-refractivity contribution in [3.63, 3.8) is 0 Å². The Morgan fingerprint density at radius 1 is 1.33 bits per heavy atom. The number of carboxylic acid groups (broad SMARTS) is 1. The second-order valence-corrected chi connectivity index (χ2v) is 6.67. The first kappa shape index (κ1) is 15.5. The van der Waals surface area contributed by atoms with Crippen molar-refractivity contribution < 1.29 is 23.1 Å². The Bertz CT molecular complexity index is 667. The Morgan fingerprint density at radius 2 is 2.00 bits per heavy atom. The maximum absolute atomic E-state index is 12.1. The van der Waals surface area contributed by atoms with E-state index in [1.165, 1.54) is 31.2 Å². The van der Waals surface area contributed by atoms with Crippen molar-refractivity contribution in [2.24, 2.45) is 0 Å². The summed E-state index contributed by atoms with van der Waals surface area (Å²) >= 11 is 0. The molecular weight excluding hydrogens is 296 g/mol. The molecule has 8 heteroatoms. The first-order valence-electron chi connectivity index (χ1n) is 6.45. The van der Waals surface area contributed by atoms with Crippen molar-refractivity contribution in [1.29, 1.82) is 0 Å². The topological polar surface area (TPSA) is 113 Å². The molecule has 1 fully saturated rings. The zero-order valence-electron chi connectivity index (χ0n) is 11.4.